The molecule has 0 radical (unpaired) electrons. The van der Waals surface area contributed by atoms with Gasteiger partial charge in [-0.1, -0.05) is 0 Å². The Labute approximate surface area is 121 Å². The van der Waals surface area contributed by atoms with E-state index in [9.17, 15) is 9.59 Å². The van der Waals surface area contributed by atoms with Crippen molar-refractivity contribution in [3.8, 4) is 0 Å². The minimum absolute atomic E-state index is 0.214. The molecule has 1 aliphatic rings. The third-order valence-corrected chi connectivity index (χ3v) is 4.04. The van der Waals surface area contributed by atoms with Gasteiger partial charge >= 0.3 is 5.97 Å². The van der Waals surface area contributed by atoms with E-state index in [1.807, 2.05) is 0 Å². The molecule has 0 bridgehead atoms. The average Bonchev–Trinajstić information content (AvgIpc) is 2.95. The molecular formula is C13H18N2O4S. The van der Waals surface area contributed by atoms with E-state index in [4.69, 9.17) is 14.9 Å². The Balaban J connectivity index is 2.14. The Bertz CT molecular complexity index is 488. The van der Waals surface area contributed by atoms with Crippen LogP contribution in [-0.4, -0.2) is 47.5 Å². The molecule has 0 aromatic carbocycles. The molecule has 0 aliphatic carbocycles. The summed E-state index contributed by atoms with van der Waals surface area (Å²) in [5, 5.41) is 0. The Hall–Kier alpha value is -1.47. The minimum Gasteiger partial charge on any atom is -0.464 e. The number of nitrogens with zero attached hydrogens (tertiary/aromatic N) is 1. The smallest absolute Gasteiger partial charge is 0.329 e. The molecule has 2 N–H and O–H groups in total. The van der Waals surface area contributed by atoms with Crippen molar-refractivity contribution in [3.05, 3.63) is 23.7 Å². The largest absolute Gasteiger partial charge is 0.464 e. The second-order valence-electron chi connectivity index (χ2n) is 4.31. The van der Waals surface area contributed by atoms with E-state index in [-0.39, 0.29) is 24.2 Å². The number of carbonyl (C=O) groups excluding carboxylic acids is 2. The van der Waals surface area contributed by atoms with Gasteiger partial charge in [-0.25, -0.2) is 4.79 Å². The Morgan fingerprint density at radius 2 is 2.35 bits per heavy atom. The molecule has 1 amide bonds. The Kier molecular flexibility index (Phi) is 5.08. The molecule has 6 nitrogen and oxygen atoms in total. The predicted octanol–water partition coefficient (Wildman–Crippen LogP) is 0.859. The van der Waals surface area contributed by atoms with Gasteiger partial charge in [0.25, 0.3) is 5.91 Å². The van der Waals surface area contributed by atoms with Gasteiger partial charge < -0.3 is 19.8 Å². The molecule has 1 atom stereocenters. The summed E-state index contributed by atoms with van der Waals surface area (Å²) in [6.07, 6.45) is 0. The van der Waals surface area contributed by atoms with Gasteiger partial charge in [0.05, 0.1) is 13.2 Å². The molecule has 1 unspecified atom stereocenters. The van der Waals surface area contributed by atoms with E-state index >= 15 is 0 Å². The molecule has 0 spiro atoms. The van der Waals surface area contributed by atoms with Crippen LogP contribution in [-0.2, 0) is 16.1 Å². The lowest BCUT2D eigenvalue weighted by Gasteiger charge is -2.32. The summed E-state index contributed by atoms with van der Waals surface area (Å²) < 4.78 is 10.4. The number of ether oxygens (including phenoxy) is 1. The number of carbonyl (C=O) groups is 2. The first-order valence-corrected chi connectivity index (χ1v) is 7.67. The maximum Gasteiger partial charge on any atom is 0.329 e. The molecule has 1 aliphatic heterocycles. The van der Waals surface area contributed by atoms with Crippen molar-refractivity contribution in [1.82, 2.24) is 4.90 Å². The quantitative estimate of drug-likeness (QED) is 0.830. The molecule has 110 valence electrons. The molecule has 0 saturated carbocycles. The maximum atomic E-state index is 12.4. The van der Waals surface area contributed by atoms with Crippen LogP contribution >= 0.6 is 11.8 Å². The van der Waals surface area contributed by atoms with Crippen molar-refractivity contribution in [2.75, 3.05) is 24.7 Å². The van der Waals surface area contributed by atoms with Crippen molar-refractivity contribution >= 4 is 23.6 Å². The normalized spacial score (nSPS) is 18.9. The van der Waals surface area contributed by atoms with Gasteiger partial charge in [0.1, 0.15) is 11.8 Å². The van der Waals surface area contributed by atoms with Crippen LogP contribution in [0.1, 0.15) is 23.2 Å². The van der Waals surface area contributed by atoms with E-state index < -0.39 is 6.04 Å². The second kappa shape index (κ2) is 6.81. The molecular weight excluding hydrogens is 280 g/mol. The number of amides is 1. The standard InChI is InChI=1S/C13H18N2O4S/c1-2-18-13(17)10-8-20-6-5-15(10)12(16)11-4-3-9(7-14)19-11/h3-4,10H,2,5-8,14H2,1H3. The summed E-state index contributed by atoms with van der Waals surface area (Å²) in [6, 6.07) is 2.72. The first kappa shape index (κ1) is 14.9. The Morgan fingerprint density at radius 3 is 3.00 bits per heavy atom. The van der Waals surface area contributed by atoms with Crippen LogP contribution in [0.2, 0.25) is 0 Å². The van der Waals surface area contributed by atoms with Crippen molar-refractivity contribution in [2.24, 2.45) is 5.73 Å². The summed E-state index contributed by atoms with van der Waals surface area (Å²) in [5.41, 5.74) is 5.46. The highest BCUT2D eigenvalue weighted by molar-refractivity contribution is 7.99. The van der Waals surface area contributed by atoms with Gasteiger partial charge in [-0.15, -0.1) is 0 Å². The molecule has 2 heterocycles. The van der Waals surface area contributed by atoms with Gasteiger partial charge in [0, 0.05) is 18.1 Å². The lowest BCUT2D eigenvalue weighted by molar-refractivity contribution is -0.147. The van der Waals surface area contributed by atoms with Gasteiger partial charge in [-0.05, 0) is 19.1 Å². The molecule has 1 aromatic heterocycles. The van der Waals surface area contributed by atoms with E-state index in [0.29, 0.717) is 24.7 Å². The Morgan fingerprint density at radius 1 is 1.55 bits per heavy atom. The SMILES string of the molecule is CCOC(=O)C1CSCCN1C(=O)c1ccc(CN)o1. The molecule has 1 fully saturated rings. The summed E-state index contributed by atoms with van der Waals surface area (Å²) in [6.45, 7) is 2.80. The molecule has 2 rings (SSSR count). The van der Waals surface area contributed by atoms with Crippen LogP contribution in [0.3, 0.4) is 0 Å². The van der Waals surface area contributed by atoms with Crippen molar-refractivity contribution < 1.29 is 18.7 Å². The lowest BCUT2D eigenvalue weighted by atomic mass is 10.2. The van der Waals surface area contributed by atoms with Crippen LogP contribution in [0.25, 0.3) is 0 Å². The van der Waals surface area contributed by atoms with Gasteiger partial charge in [-0.3, -0.25) is 4.79 Å². The number of nitrogens with two attached hydrogens (primary N) is 1. The fraction of sp³-hybridized carbons (Fsp3) is 0.538. The zero-order valence-electron chi connectivity index (χ0n) is 11.3. The minimum atomic E-state index is -0.548. The fourth-order valence-corrected chi connectivity index (χ4v) is 3.06. The molecule has 20 heavy (non-hydrogen) atoms. The molecule has 1 saturated heterocycles. The predicted molar refractivity (Wildman–Crippen MR) is 75.4 cm³/mol. The number of hydrogen-bond donors (Lipinski definition) is 1. The number of furan rings is 1. The number of esters is 1. The zero-order chi connectivity index (χ0) is 14.5. The van der Waals surface area contributed by atoms with Crippen molar-refractivity contribution in [1.29, 1.82) is 0 Å². The number of rotatable bonds is 4. The second-order valence-corrected chi connectivity index (χ2v) is 5.46. The van der Waals surface area contributed by atoms with Crippen molar-refractivity contribution in [2.45, 2.75) is 19.5 Å². The summed E-state index contributed by atoms with van der Waals surface area (Å²) in [5.74, 6) is 1.46. The third kappa shape index (κ3) is 3.16. The van der Waals surface area contributed by atoms with Crippen LogP contribution in [0.15, 0.2) is 16.5 Å². The van der Waals surface area contributed by atoms with E-state index in [2.05, 4.69) is 0 Å². The van der Waals surface area contributed by atoms with E-state index in [1.165, 1.54) is 4.90 Å². The van der Waals surface area contributed by atoms with E-state index in [1.54, 1.807) is 30.8 Å². The summed E-state index contributed by atoms with van der Waals surface area (Å²) in [4.78, 5) is 25.9. The number of thioether (sulfide) groups is 1. The van der Waals surface area contributed by atoms with Gasteiger partial charge in [0.15, 0.2) is 5.76 Å². The number of hydrogen-bond acceptors (Lipinski definition) is 6. The highest BCUT2D eigenvalue weighted by atomic mass is 32.2. The molecule has 7 heteroatoms. The van der Waals surface area contributed by atoms with E-state index in [0.717, 1.165) is 5.75 Å². The third-order valence-electron chi connectivity index (χ3n) is 3.02. The average molecular weight is 298 g/mol. The maximum absolute atomic E-state index is 12.4. The zero-order valence-corrected chi connectivity index (χ0v) is 12.1. The summed E-state index contributed by atoms with van der Waals surface area (Å²) >= 11 is 1.64. The fourth-order valence-electron chi connectivity index (χ4n) is 2.02. The van der Waals surface area contributed by atoms with Gasteiger partial charge in [-0.2, -0.15) is 11.8 Å². The lowest BCUT2D eigenvalue weighted by Crippen LogP contribution is -2.50. The first-order valence-electron chi connectivity index (χ1n) is 6.51. The molecule has 1 aromatic rings. The highest BCUT2D eigenvalue weighted by Gasteiger charge is 2.35. The highest BCUT2D eigenvalue weighted by Crippen LogP contribution is 2.21. The monoisotopic (exact) mass is 298 g/mol. The van der Waals surface area contributed by atoms with Crippen LogP contribution in [0, 0.1) is 0 Å². The first-order chi connectivity index (χ1) is 9.67. The van der Waals surface area contributed by atoms with Crippen LogP contribution in [0.4, 0.5) is 0 Å². The summed E-state index contributed by atoms with van der Waals surface area (Å²) in [7, 11) is 0. The topological polar surface area (TPSA) is 85.8 Å². The van der Waals surface area contributed by atoms with Crippen LogP contribution < -0.4 is 5.73 Å². The van der Waals surface area contributed by atoms with Gasteiger partial charge in [0.2, 0.25) is 0 Å². The van der Waals surface area contributed by atoms with Crippen LogP contribution in [0.5, 0.6) is 0 Å². The van der Waals surface area contributed by atoms with Crippen molar-refractivity contribution in [3.63, 3.8) is 0 Å².